The van der Waals surface area contributed by atoms with Gasteiger partial charge in [-0.2, -0.15) is 0 Å². The molecule has 8 aromatic carbocycles. The maximum Gasteiger partial charge on any atom is 0.235 e. The molecule has 1 aliphatic heterocycles. The third-order valence-electron chi connectivity index (χ3n) is 12.3. The lowest BCUT2D eigenvalue weighted by molar-refractivity contribution is 1.02. The minimum absolute atomic E-state index is 0.675. The first-order chi connectivity index (χ1) is 28.8. The monoisotopic (exact) mass is 772 g/mol. The van der Waals surface area contributed by atoms with Crippen molar-refractivity contribution < 1.29 is 0 Å². The van der Waals surface area contributed by atoms with E-state index in [0.29, 0.717) is 5.95 Å². The Morgan fingerprint density at radius 2 is 1.05 bits per heavy atom. The summed E-state index contributed by atoms with van der Waals surface area (Å²) in [6, 6.07) is 62.1. The topological polar surface area (TPSA) is 35.6 Å². The zero-order valence-corrected chi connectivity index (χ0v) is 32.4. The van der Waals surface area contributed by atoms with Gasteiger partial charge in [0.1, 0.15) is 0 Å². The van der Waals surface area contributed by atoms with Crippen molar-refractivity contribution in [1.82, 2.24) is 19.1 Å². The van der Waals surface area contributed by atoms with Crippen LogP contribution in [0.25, 0.3) is 129 Å². The molecule has 0 atom stereocenters. The molecule has 13 aromatic rings. The highest BCUT2D eigenvalue weighted by Gasteiger charge is 2.29. The predicted molar refractivity (Wildman–Crippen MR) is 246 cm³/mol. The molecule has 4 nitrogen and oxygen atoms in total. The van der Waals surface area contributed by atoms with Crippen molar-refractivity contribution in [2.24, 2.45) is 0 Å². The summed E-state index contributed by atoms with van der Waals surface area (Å²) in [7, 11) is 0. The lowest BCUT2D eigenvalue weighted by atomic mass is 9.91. The fraction of sp³-hybridized carbons (Fsp3) is 0. The molecule has 58 heavy (non-hydrogen) atoms. The summed E-state index contributed by atoms with van der Waals surface area (Å²) in [5, 5.41) is 8.56. The number of nitrogens with zero attached hydrogens (tertiary/aromatic N) is 4. The van der Waals surface area contributed by atoms with Crippen LogP contribution in [0.15, 0.2) is 170 Å². The van der Waals surface area contributed by atoms with E-state index in [0.717, 1.165) is 37.9 Å². The van der Waals surface area contributed by atoms with E-state index >= 15 is 0 Å². The van der Waals surface area contributed by atoms with Crippen LogP contribution in [0, 0.1) is 0 Å². The molecule has 6 heteroatoms. The van der Waals surface area contributed by atoms with Crippen LogP contribution in [0.1, 0.15) is 0 Å². The van der Waals surface area contributed by atoms with Crippen molar-refractivity contribution in [1.29, 1.82) is 0 Å². The molecule has 0 fully saturated rings. The fourth-order valence-corrected chi connectivity index (χ4v) is 12.2. The molecule has 268 valence electrons. The Hall–Kier alpha value is -7.12. The van der Waals surface area contributed by atoms with Gasteiger partial charge in [0.2, 0.25) is 5.95 Å². The average molecular weight is 773 g/mol. The third-order valence-corrected chi connectivity index (χ3v) is 14.6. The van der Waals surface area contributed by atoms with E-state index in [1.807, 2.05) is 11.3 Å². The Balaban J connectivity index is 1.16. The predicted octanol–water partition coefficient (Wildman–Crippen LogP) is 14.7. The quantitative estimate of drug-likeness (QED) is 0.175. The molecule has 0 amide bonds. The van der Waals surface area contributed by atoms with Gasteiger partial charge < -0.3 is 4.57 Å². The first kappa shape index (κ1) is 31.0. The van der Waals surface area contributed by atoms with Gasteiger partial charge in [-0.25, -0.2) is 9.97 Å². The van der Waals surface area contributed by atoms with Gasteiger partial charge in [0.05, 0.1) is 43.7 Å². The Bertz CT molecular complexity index is 3930. The Labute approximate surface area is 339 Å². The van der Waals surface area contributed by atoms with E-state index < -0.39 is 0 Å². The number of hydrogen-bond acceptors (Lipinski definition) is 4. The molecule has 14 rings (SSSR count). The highest BCUT2D eigenvalue weighted by atomic mass is 32.1. The smallest absolute Gasteiger partial charge is 0.235 e. The average Bonchev–Trinajstić information content (AvgIpc) is 4.01. The first-order valence-corrected chi connectivity index (χ1v) is 21.2. The summed E-state index contributed by atoms with van der Waals surface area (Å²) in [6.07, 6.45) is 0. The number of aromatic nitrogens is 4. The van der Waals surface area contributed by atoms with Gasteiger partial charge >= 0.3 is 0 Å². The molecule has 0 aliphatic carbocycles. The second-order valence-electron chi connectivity index (χ2n) is 15.3. The van der Waals surface area contributed by atoms with Crippen LogP contribution < -0.4 is 0 Å². The van der Waals surface area contributed by atoms with Crippen molar-refractivity contribution in [3.05, 3.63) is 170 Å². The molecular weight excluding hydrogens is 745 g/mol. The van der Waals surface area contributed by atoms with E-state index in [1.54, 1.807) is 11.3 Å². The molecule has 5 aromatic heterocycles. The normalized spacial score (nSPS) is 12.5. The van der Waals surface area contributed by atoms with E-state index in [1.165, 1.54) is 85.4 Å². The number of para-hydroxylation sites is 3. The van der Waals surface area contributed by atoms with E-state index in [9.17, 15) is 0 Å². The van der Waals surface area contributed by atoms with Crippen LogP contribution in [-0.2, 0) is 0 Å². The molecule has 0 spiro atoms. The van der Waals surface area contributed by atoms with Gasteiger partial charge in [-0.15, -0.1) is 22.7 Å². The summed E-state index contributed by atoms with van der Waals surface area (Å²) < 4.78 is 9.71. The molecule has 6 heterocycles. The summed E-state index contributed by atoms with van der Waals surface area (Å²) in [4.78, 5) is 11.2. The maximum absolute atomic E-state index is 5.64. The van der Waals surface area contributed by atoms with Gasteiger partial charge in [-0.3, -0.25) is 4.57 Å². The van der Waals surface area contributed by atoms with Crippen LogP contribution in [0.4, 0.5) is 0 Å². The van der Waals surface area contributed by atoms with Gasteiger partial charge in [0.15, 0.2) is 0 Å². The molecule has 0 unspecified atom stereocenters. The van der Waals surface area contributed by atoms with Crippen LogP contribution in [0.5, 0.6) is 0 Å². The number of rotatable bonds is 2. The van der Waals surface area contributed by atoms with E-state index in [2.05, 4.69) is 179 Å². The first-order valence-electron chi connectivity index (χ1n) is 19.6. The standard InChI is InChI=1S/C52H28N4S2/c1-2-17-35-30(13-1)31-14-3-8-20-39(31)55-40-21-9-4-15-32(40)38-28-42-46(47(35)50(38)55)36-18-5-10-22-41(36)56(42)52-53-48(51-49(54-52)37-19-7-12-24-44(37)58-51)29-25-26-34-33-16-6-11-23-43(33)57-45(34)27-29/h1-28H. The summed E-state index contributed by atoms with van der Waals surface area (Å²) >= 11 is 3.63. The molecule has 0 saturated heterocycles. The highest BCUT2D eigenvalue weighted by molar-refractivity contribution is 7.26. The summed E-state index contributed by atoms with van der Waals surface area (Å²) in [5.41, 5.74) is 13.8. The third kappa shape index (κ3) is 3.98. The maximum atomic E-state index is 5.64. The lowest BCUT2D eigenvalue weighted by Gasteiger charge is -2.13. The number of benzene rings is 8. The van der Waals surface area contributed by atoms with Crippen molar-refractivity contribution in [2.45, 2.75) is 0 Å². The van der Waals surface area contributed by atoms with Gasteiger partial charge in [-0.1, -0.05) is 127 Å². The number of thiophene rings is 2. The van der Waals surface area contributed by atoms with Gasteiger partial charge in [0, 0.05) is 68.5 Å². The van der Waals surface area contributed by atoms with E-state index in [4.69, 9.17) is 9.97 Å². The summed E-state index contributed by atoms with van der Waals surface area (Å²) in [5.74, 6) is 0.675. The lowest BCUT2D eigenvalue weighted by Crippen LogP contribution is -2.03. The van der Waals surface area contributed by atoms with Crippen LogP contribution in [0.3, 0.4) is 0 Å². The molecule has 0 bridgehead atoms. The SMILES string of the molecule is c1ccc2c(c1)-c1ccccc1-n1c3ccccc3c3cc4c(c-2c31)c1ccccc1n4-c1nc(-c2ccc3c(c2)sc2ccccc23)c2sc3ccccc3c2n1. The minimum atomic E-state index is 0.675. The van der Waals surface area contributed by atoms with Crippen molar-refractivity contribution in [2.75, 3.05) is 0 Å². The number of fused-ring (bicyclic) bond motifs is 18. The van der Waals surface area contributed by atoms with Crippen LogP contribution in [-0.4, -0.2) is 19.1 Å². The van der Waals surface area contributed by atoms with Crippen LogP contribution >= 0.6 is 22.7 Å². The second-order valence-corrected chi connectivity index (χ2v) is 17.4. The molecular formula is C52H28N4S2. The Morgan fingerprint density at radius 3 is 1.90 bits per heavy atom. The molecule has 0 saturated carbocycles. The number of hydrogen-bond donors (Lipinski definition) is 0. The summed E-state index contributed by atoms with van der Waals surface area (Å²) in [6.45, 7) is 0. The molecule has 1 aliphatic rings. The zero-order chi connectivity index (χ0) is 37.6. The molecule has 0 N–H and O–H groups in total. The fourth-order valence-electron chi connectivity index (χ4n) is 9.88. The van der Waals surface area contributed by atoms with Crippen molar-refractivity contribution in [3.8, 4) is 45.1 Å². The van der Waals surface area contributed by atoms with Crippen molar-refractivity contribution in [3.63, 3.8) is 0 Å². The highest BCUT2D eigenvalue weighted by Crippen LogP contribution is 2.52. The van der Waals surface area contributed by atoms with Crippen molar-refractivity contribution >= 4 is 107 Å². The second kappa shape index (κ2) is 11.3. The minimum Gasteiger partial charge on any atom is -0.308 e. The Kier molecular flexibility index (Phi) is 6.02. The van der Waals surface area contributed by atoms with E-state index in [-0.39, 0.29) is 0 Å². The van der Waals surface area contributed by atoms with Gasteiger partial charge in [-0.05, 0) is 53.6 Å². The largest absolute Gasteiger partial charge is 0.308 e. The van der Waals surface area contributed by atoms with Gasteiger partial charge in [0.25, 0.3) is 0 Å². The molecule has 0 radical (unpaired) electrons. The Morgan fingerprint density at radius 1 is 0.414 bits per heavy atom. The zero-order valence-electron chi connectivity index (χ0n) is 30.8. The van der Waals surface area contributed by atoms with Crippen LogP contribution in [0.2, 0.25) is 0 Å².